The Balaban J connectivity index is 2.44. The molecule has 0 fully saturated rings. The number of nitrogens with zero attached hydrogens (tertiary/aromatic N) is 1. The lowest BCUT2D eigenvalue weighted by atomic mass is 10.1. The third-order valence-corrected chi connectivity index (χ3v) is 3.19. The smallest absolute Gasteiger partial charge is 0.287 e. The molecule has 0 amide bonds. The zero-order chi connectivity index (χ0) is 13.3. The third-order valence-electron chi connectivity index (χ3n) is 2.48. The van der Waals surface area contributed by atoms with Crippen molar-refractivity contribution >= 4 is 23.2 Å². The number of benzene rings is 1. The number of H-pyrrole nitrogens is 1. The van der Waals surface area contributed by atoms with E-state index in [1.54, 1.807) is 18.2 Å². The summed E-state index contributed by atoms with van der Waals surface area (Å²) in [6.45, 7) is 1.43. The van der Waals surface area contributed by atoms with Crippen molar-refractivity contribution in [1.29, 1.82) is 0 Å². The average molecular weight is 287 g/mol. The Morgan fingerprint density at radius 3 is 2.50 bits per heavy atom. The second-order valence-corrected chi connectivity index (χ2v) is 4.60. The Kier molecular flexibility index (Phi) is 3.68. The third kappa shape index (κ3) is 2.54. The summed E-state index contributed by atoms with van der Waals surface area (Å²) in [6.07, 6.45) is 0.245. The number of hydrogen-bond donors (Lipinski definition) is 1. The van der Waals surface area contributed by atoms with E-state index in [0.29, 0.717) is 21.4 Å². The van der Waals surface area contributed by atoms with Crippen molar-refractivity contribution < 1.29 is 4.39 Å². The van der Waals surface area contributed by atoms with Gasteiger partial charge in [-0.2, -0.15) is 4.39 Å². The summed E-state index contributed by atoms with van der Waals surface area (Å²) in [7, 11) is 0. The average Bonchev–Trinajstić information content (AvgIpc) is 2.31. The summed E-state index contributed by atoms with van der Waals surface area (Å²) >= 11 is 12.0. The highest BCUT2D eigenvalue weighted by Crippen LogP contribution is 2.25. The van der Waals surface area contributed by atoms with Crippen molar-refractivity contribution in [3.8, 4) is 0 Å². The maximum absolute atomic E-state index is 13.1. The number of aromatic nitrogens is 2. The van der Waals surface area contributed by atoms with Crippen LogP contribution in [0, 0.1) is 12.7 Å². The normalized spacial score (nSPS) is 10.7. The molecule has 0 aliphatic heterocycles. The van der Waals surface area contributed by atoms with Crippen molar-refractivity contribution in [3.05, 3.63) is 61.5 Å². The van der Waals surface area contributed by atoms with E-state index in [1.165, 1.54) is 6.92 Å². The molecule has 1 N–H and O–H groups in total. The largest absolute Gasteiger partial charge is 0.308 e. The first-order valence-electron chi connectivity index (χ1n) is 5.17. The van der Waals surface area contributed by atoms with Crippen molar-refractivity contribution in [1.82, 2.24) is 9.97 Å². The highest BCUT2D eigenvalue weighted by Gasteiger charge is 2.11. The zero-order valence-corrected chi connectivity index (χ0v) is 10.9. The number of nitrogens with one attached hydrogen (secondary N) is 1. The fourth-order valence-electron chi connectivity index (χ4n) is 1.58. The van der Waals surface area contributed by atoms with E-state index in [0.717, 1.165) is 0 Å². The van der Waals surface area contributed by atoms with Gasteiger partial charge in [-0.25, -0.2) is 4.98 Å². The molecule has 0 spiro atoms. The molecular weight excluding hydrogens is 278 g/mol. The van der Waals surface area contributed by atoms with Gasteiger partial charge in [-0.1, -0.05) is 29.3 Å². The molecule has 2 aromatic rings. The first-order valence-corrected chi connectivity index (χ1v) is 5.93. The van der Waals surface area contributed by atoms with Crippen molar-refractivity contribution in [3.63, 3.8) is 0 Å². The molecular formula is C12H9Cl2FN2O. The molecule has 1 heterocycles. The minimum atomic E-state index is -0.871. The van der Waals surface area contributed by atoms with Gasteiger partial charge < -0.3 is 4.98 Å². The molecule has 0 saturated carbocycles. The quantitative estimate of drug-likeness (QED) is 0.922. The molecule has 2 rings (SSSR count). The monoisotopic (exact) mass is 286 g/mol. The van der Waals surface area contributed by atoms with E-state index in [4.69, 9.17) is 23.2 Å². The van der Waals surface area contributed by atoms with Gasteiger partial charge in [0.1, 0.15) is 5.82 Å². The van der Waals surface area contributed by atoms with E-state index in [2.05, 4.69) is 9.97 Å². The van der Waals surface area contributed by atoms with Gasteiger partial charge in [-0.05, 0) is 24.6 Å². The molecule has 94 valence electrons. The lowest BCUT2D eigenvalue weighted by Crippen LogP contribution is -2.17. The molecule has 3 nitrogen and oxygen atoms in total. The van der Waals surface area contributed by atoms with Gasteiger partial charge in [0.15, 0.2) is 0 Å². The zero-order valence-electron chi connectivity index (χ0n) is 9.43. The van der Waals surface area contributed by atoms with E-state index in [-0.39, 0.29) is 12.1 Å². The Labute approximate surface area is 113 Å². The standard InChI is InChI=1S/C12H9Cl2FN2O/c1-6-11(15)12(18)17-10(16-6)5-7-8(13)3-2-4-9(7)14/h2-4H,5H2,1H3,(H,16,17,18). The predicted octanol–water partition coefficient (Wildman–Crippen LogP) is 3.12. The Morgan fingerprint density at radius 1 is 1.33 bits per heavy atom. The van der Waals surface area contributed by atoms with Gasteiger partial charge in [0.25, 0.3) is 5.56 Å². The van der Waals surface area contributed by atoms with Gasteiger partial charge in [0, 0.05) is 16.5 Å². The number of aromatic amines is 1. The van der Waals surface area contributed by atoms with E-state index in [1.807, 2.05) is 0 Å². The van der Waals surface area contributed by atoms with Gasteiger partial charge in [0.05, 0.1) is 5.69 Å². The van der Waals surface area contributed by atoms with Crippen LogP contribution >= 0.6 is 23.2 Å². The minimum Gasteiger partial charge on any atom is -0.308 e. The number of halogens is 3. The maximum Gasteiger partial charge on any atom is 0.287 e. The van der Waals surface area contributed by atoms with Crippen molar-refractivity contribution in [2.75, 3.05) is 0 Å². The van der Waals surface area contributed by atoms with Gasteiger partial charge in [0.2, 0.25) is 5.82 Å². The van der Waals surface area contributed by atoms with Gasteiger partial charge in [-0.3, -0.25) is 4.79 Å². The molecule has 0 atom stereocenters. The van der Waals surface area contributed by atoms with Gasteiger partial charge in [-0.15, -0.1) is 0 Å². The topological polar surface area (TPSA) is 45.8 Å². The highest BCUT2D eigenvalue weighted by atomic mass is 35.5. The molecule has 0 radical (unpaired) electrons. The van der Waals surface area contributed by atoms with Gasteiger partial charge >= 0.3 is 0 Å². The molecule has 0 aliphatic rings. The molecule has 1 aromatic heterocycles. The molecule has 1 aromatic carbocycles. The van der Waals surface area contributed by atoms with Crippen LogP contribution in [-0.4, -0.2) is 9.97 Å². The molecule has 6 heteroatoms. The maximum atomic E-state index is 13.1. The Hall–Kier alpha value is -1.39. The second-order valence-electron chi connectivity index (χ2n) is 3.79. The van der Waals surface area contributed by atoms with Crippen LogP contribution in [0.2, 0.25) is 10.0 Å². The number of aryl methyl sites for hydroxylation is 1. The lowest BCUT2D eigenvalue weighted by molar-refractivity contribution is 0.583. The molecule has 0 bridgehead atoms. The minimum absolute atomic E-state index is 0.0527. The molecule has 18 heavy (non-hydrogen) atoms. The van der Waals surface area contributed by atoms with Crippen molar-refractivity contribution in [2.45, 2.75) is 13.3 Å². The first-order chi connectivity index (χ1) is 8.49. The number of rotatable bonds is 2. The summed E-state index contributed by atoms with van der Waals surface area (Å²) in [5, 5.41) is 0.958. The Morgan fingerprint density at radius 2 is 1.94 bits per heavy atom. The molecule has 0 aliphatic carbocycles. The summed E-state index contributed by atoms with van der Waals surface area (Å²) in [6, 6.07) is 5.11. The van der Waals surface area contributed by atoms with E-state index < -0.39 is 11.4 Å². The Bertz CT molecular complexity index is 635. The fourth-order valence-corrected chi connectivity index (χ4v) is 2.11. The van der Waals surface area contributed by atoms with Crippen LogP contribution in [0.3, 0.4) is 0 Å². The van der Waals surface area contributed by atoms with Crippen LogP contribution in [0.25, 0.3) is 0 Å². The van der Waals surface area contributed by atoms with E-state index >= 15 is 0 Å². The summed E-state index contributed by atoms with van der Waals surface area (Å²) in [4.78, 5) is 17.6. The molecule has 0 unspecified atom stereocenters. The predicted molar refractivity (Wildman–Crippen MR) is 68.8 cm³/mol. The lowest BCUT2D eigenvalue weighted by Gasteiger charge is -2.07. The van der Waals surface area contributed by atoms with E-state index in [9.17, 15) is 9.18 Å². The highest BCUT2D eigenvalue weighted by molar-refractivity contribution is 6.36. The van der Waals surface area contributed by atoms with Crippen LogP contribution in [0.1, 0.15) is 17.1 Å². The van der Waals surface area contributed by atoms with Crippen LogP contribution in [-0.2, 0) is 6.42 Å². The molecule has 0 saturated heterocycles. The fraction of sp³-hybridized carbons (Fsp3) is 0.167. The summed E-state index contributed by atoms with van der Waals surface area (Å²) in [5.41, 5.74) is -0.0902. The first kappa shape index (κ1) is 13.1. The van der Waals surface area contributed by atoms with Crippen LogP contribution in [0.4, 0.5) is 4.39 Å². The summed E-state index contributed by atoms with van der Waals surface area (Å²) in [5.74, 6) is -0.544. The van der Waals surface area contributed by atoms with Crippen molar-refractivity contribution in [2.24, 2.45) is 0 Å². The summed E-state index contributed by atoms with van der Waals surface area (Å²) < 4.78 is 13.1. The second kappa shape index (κ2) is 5.08. The van der Waals surface area contributed by atoms with Crippen LogP contribution in [0.15, 0.2) is 23.0 Å². The SMILES string of the molecule is Cc1nc(Cc2c(Cl)cccc2Cl)[nH]c(=O)c1F. The van der Waals surface area contributed by atoms with Crippen LogP contribution < -0.4 is 5.56 Å². The van der Waals surface area contributed by atoms with Crippen LogP contribution in [0.5, 0.6) is 0 Å². The number of hydrogen-bond acceptors (Lipinski definition) is 2.